The topological polar surface area (TPSA) is 34.5 Å². The molecule has 8 aliphatic carbocycles. The van der Waals surface area contributed by atoms with Gasteiger partial charge in [-0.25, -0.2) is 0 Å². The Balaban J connectivity index is 0.956. The molecule has 0 unspecified atom stereocenters. The van der Waals surface area contributed by atoms with E-state index in [0.29, 0.717) is 5.41 Å². The maximum absolute atomic E-state index is 7.27. The first-order valence-electron chi connectivity index (χ1n) is 28.0. The molecule has 8 bridgehead atoms. The molecule has 0 spiro atoms. The minimum atomic E-state index is -0.129. The standard InChI is InChI=1S/C68H55BN2O2/c1-2-8-44(9-3-1)45-14-17-48(18-15-45)71-58-31-62-52(49-10-4-6-12-60(49)72-62)29-55(58)63-64-59(30-54-50-11-5-7-13-61(50)73-66(54)63)70-57-19-16-46(67-32-38-20-39(33-67)22-40(21-38)34-67)26-51(57)53-27-47(28-56(65(53)70)69(64)71)68-35-41-23-42(36-68)25-43(24-41)37-68/h1-19,26-31,38-43H,20-25,32-37H2. The van der Waals surface area contributed by atoms with Crippen molar-refractivity contribution in [3.8, 4) is 27.9 Å². The zero-order valence-electron chi connectivity index (χ0n) is 41.2. The number of hydrogen-bond donors (Lipinski definition) is 0. The van der Waals surface area contributed by atoms with Gasteiger partial charge in [-0.2, -0.15) is 0 Å². The fraction of sp³-hybridized carbons (Fsp3) is 0.294. The molecule has 0 atom stereocenters. The summed E-state index contributed by atoms with van der Waals surface area (Å²) in [5.41, 5.74) is 21.5. The van der Waals surface area contributed by atoms with E-state index in [1.807, 2.05) is 0 Å². The maximum Gasteiger partial charge on any atom is 0.333 e. The highest BCUT2D eigenvalue weighted by atomic mass is 16.3. The van der Waals surface area contributed by atoms with E-state index in [9.17, 15) is 0 Å². The third kappa shape index (κ3) is 5.15. The molecule has 73 heavy (non-hydrogen) atoms. The summed E-state index contributed by atoms with van der Waals surface area (Å²) >= 11 is 0. The molecule has 0 amide bonds. The highest BCUT2D eigenvalue weighted by Gasteiger charge is 2.54. The summed E-state index contributed by atoms with van der Waals surface area (Å²) in [5.74, 6) is 5.24. The summed E-state index contributed by atoms with van der Waals surface area (Å²) in [6, 6.07) is 58.5. The molecule has 10 aliphatic rings. The van der Waals surface area contributed by atoms with Gasteiger partial charge in [0, 0.05) is 66.6 Å². The fourth-order valence-electron chi connectivity index (χ4n) is 19.2. The van der Waals surface area contributed by atoms with E-state index in [-0.39, 0.29) is 12.3 Å². The van der Waals surface area contributed by atoms with E-state index < -0.39 is 0 Å². The predicted octanol–water partition coefficient (Wildman–Crippen LogP) is 16.4. The number of aromatic nitrogens is 1. The molecule has 4 nitrogen and oxygen atoms in total. The van der Waals surface area contributed by atoms with Crippen molar-refractivity contribution in [2.24, 2.45) is 35.5 Å². The molecule has 0 N–H and O–H groups in total. The van der Waals surface area contributed by atoms with Crippen LogP contribution in [-0.2, 0) is 10.8 Å². The largest absolute Gasteiger partial charge is 0.456 e. The lowest BCUT2D eigenvalue weighted by Crippen LogP contribution is -2.61. The van der Waals surface area contributed by atoms with Crippen LogP contribution >= 0.6 is 0 Å². The molecule has 5 heteroatoms. The molecule has 8 aromatic carbocycles. The Morgan fingerprint density at radius 3 is 1.71 bits per heavy atom. The van der Waals surface area contributed by atoms with E-state index in [4.69, 9.17) is 8.83 Å². The van der Waals surface area contributed by atoms with Crippen LogP contribution in [0.2, 0.25) is 0 Å². The van der Waals surface area contributed by atoms with Crippen molar-refractivity contribution < 1.29 is 8.83 Å². The predicted molar refractivity (Wildman–Crippen MR) is 300 cm³/mol. The number of nitrogens with zero attached hydrogens (tertiary/aromatic N) is 2. The average Bonchev–Trinajstić information content (AvgIpc) is 4.09. The fourth-order valence-corrected chi connectivity index (χ4v) is 19.2. The van der Waals surface area contributed by atoms with Gasteiger partial charge in [0.25, 0.3) is 0 Å². The molecule has 0 radical (unpaired) electrons. The van der Waals surface area contributed by atoms with Gasteiger partial charge in [0.05, 0.1) is 11.0 Å². The molecule has 21 rings (SSSR count). The summed E-state index contributed by atoms with van der Waals surface area (Å²) in [6.07, 6.45) is 16.9. The molecule has 8 saturated carbocycles. The van der Waals surface area contributed by atoms with Crippen LogP contribution in [-0.4, -0.2) is 11.4 Å². The van der Waals surface area contributed by atoms with Crippen LogP contribution in [0.3, 0.4) is 0 Å². The van der Waals surface area contributed by atoms with Gasteiger partial charge in [-0.05, 0) is 211 Å². The number of fused-ring (bicyclic) bond motifs is 14. The highest BCUT2D eigenvalue weighted by molar-refractivity contribution is 6.94. The van der Waals surface area contributed by atoms with Crippen molar-refractivity contribution in [3.63, 3.8) is 0 Å². The summed E-state index contributed by atoms with van der Waals surface area (Å²) in [4.78, 5) is 2.72. The van der Waals surface area contributed by atoms with Crippen LogP contribution in [0.1, 0.15) is 88.2 Å². The molecule has 3 aromatic heterocycles. The third-order valence-corrected chi connectivity index (χ3v) is 21.2. The quantitative estimate of drug-likeness (QED) is 0.165. The van der Waals surface area contributed by atoms with Crippen LogP contribution in [0.4, 0.5) is 11.4 Å². The molecule has 0 saturated heterocycles. The van der Waals surface area contributed by atoms with Gasteiger partial charge in [0.1, 0.15) is 22.3 Å². The first-order chi connectivity index (χ1) is 36.0. The Morgan fingerprint density at radius 2 is 1.03 bits per heavy atom. The number of rotatable bonds is 4. The zero-order chi connectivity index (χ0) is 47.1. The second-order valence-corrected chi connectivity index (χ2v) is 25.2. The maximum atomic E-state index is 7.27. The summed E-state index contributed by atoms with van der Waals surface area (Å²) in [5, 5.41) is 7.56. The minimum Gasteiger partial charge on any atom is -0.456 e. The van der Waals surface area contributed by atoms with Crippen LogP contribution < -0.4 is 15.7 Å². The Bertz CT molecular complexity index is 4180. The van der Waals surface area contributed by atoms with Gasteiger partial charge in [-0.15, -0.1) is 0 Å². The van der Waals surface area contributed by atoms with E-state index in [1.54, 1.807) is 11.1 Å². The third-order valence-electron chi connectivity index (χ3n) is 21.2. The van der Waals surface area contributed by atoms with Crippen molar-refractivity contribution in [1.29, 1.82) is 0 Å². The summed E-state index contributed by atoms with van der Waals surface area (Å²) in [7, 11) is 0. The number of para-hydroxylation sites is 2. The van der Waals surface area contributed by atoms with Crippen molar-refractivity contribution >= 4 is 94.8 Å². The second kappa shape index (κ2) is 13.6. The van der Waals surface area contributed by atoms with Gasteiger partial charge in [-0.1, -0.05) is 91.0 Å². The van der Waals surface area contributed by atoms with E-state index in [1.165, 1.54) is 154 Å². The van der Waals surface area contributed by atoms with Crippen LogP contribution in [0.15, 0.2) is 160 Å². The van der Waals surface area contributed by atoms with Crippen molar-refractivity contribution in [2.75, 3.05) is 4.81 Å². The van der Waals surface area contributed by atoms with Crippen LogP contribution in [0.25, 0.3) is 93.6 Å². The number of benzene rings is 8. The van der Waals surface area contributed by atoms with Gasteiger partial charge < -0.3 is 18.2 Å². The lowest BCUT2D eigenvalue weighted by molar-refractivity contribution is -0.00526. The van der Waals surface area contributed by atoms with Crippen molar-refractivity contribution in [2.45, 2.75) is 87.9 Å². The molecule has 8 fully saturated rings. The normalized spacial score (nSPS) is 27.9. The molecular weight excluding hydrogens is 888 g/mol. The SMILES string of the molecule is c1ccc(-c2ccc(N3B4c5c(cc6c(oc7ccccc76)c5-c5cc6c(cc53)oc3ccccc36)-n3c5ccc(C67CC8CC(CC(C8)C6)C7)cc5c5cc(C67CC8CC(CC(C8)C6)C7)cc4c53)cc2)cc1. The van der Waals surface area contributed by atoms with Gasteiger partial charge in [0.2, 0.25) is 0 Å². The van der Waals surface area contributed by atoms with Crippen LogP contribution in [0.5, 0.6) is 0 Å². The lowest BCUT2D eigenvalue weighted by atomic mass is 9.42. The van der Waals surface area contributed by atoms with Gasteiger partial charge >= 0.3 is 6.85 Å². The van der Waals surface area contributed by atoms with E-state index >= 15 is 0 Å². The van der Waals surface area contributed by atoms with Crippen LogP contribution in [0, 0.1) is 35.5 Å². The lowest BCUT2D eigenvalue weighted by Gasteiger charge is -2.57. The summed E-state index contributed by atoms with van der Waals surface area (Å²) in [6.45, 7) is -0.129. The first kappa shape index (κ1) is 39.5. The number of anilines is 2. The van der Waals surface area contributed by atoms with Gasteiger partial charge in [0.15, 0.2) is 0 Å². The molecule has 11 aromatic rings. The molecule has 5 heterocycles. The molecule has 352 valence electrons. The number of furan rings is 2. The molecule has 2 aliphatic heterocycles. The van der Waals surface area contributed by atoms with Crippen molar-refractivity contribution in [3.05, 3.63) is 163 Å². The number of hydrogen-bond acceptors (Lipinski definition) is 3. The average molecular weight is 943 g/mol. The molecular formula is C68H55BN2O2. The van der Waals surface area contributed by atoms with Gasteiger partial charge in [-0.3, -0.25) is 0 Å². The van der Waals surface area contributed by atoms with Crippen molar-refractivity contribution in [1.82, 2.24) is 4.57 Å². The zero-order valence-corrected chi connectivity index (χ0v) is 41.2. The first-order valence-corrected chi connectivity index (χ1v) is 28.0. The Kier molecular flexibility index (Phi) is 7.36. The smallest absolute Gasteiger partial charge is 0.333 e. The Hall–Kier alpha value is -6.98. The van der Waals surface area contributed by atoms with E-state index in [2.05, 4.69) is 161 Å². The Labute approximate surface area is 425 Å². The minimum absolute atomic E-state index is 0.129. The Morgan fingerprint density at radius 1 is 0.438 bits per heavy atom. The monoisotopic (exact) mass is 942 g/mol. The van der Waals surface area contributed by atoms with E-state index in [0.717, 1.165) is 74.3 Å². The summed E-state index contributed by atoms with van der Waals surface area (Å²) < 4.78 is 16.9. The highest BCUT2D eigenvalue weighted by Crippen LogP contribution is 2.63. The second-order valence-electron chi connectivity index (χ2n) is 25.2.